The van der Waals surface area contributed by atoms with E-state index in [4.69, 9.17) is 5.84 Å². The van der Waals surface area contributed by atoms with Crippen LogP contribution in [0.2, 0.25) is 0 Å². The van der Waals surface area contributed by atoms with Gasteiger partial charge in [-0.25, -0.2) is 0 Å². The van der Waals surface area contributed by atoms with Crippen molar-refractivity contribution in [1.82, 2.24) is 5.43 Å². The van der Waals surface area contributed by atoms with Crippen molar-refractivity contribution in [2.45, 2.75) is 58.9 Å². The molecule has 1 aliphatic carbocycles. The zero-order valence-electron chi connectivity index (χ0n) is 12.6. The molecule has 3 unspecified atom stereocenters. The molecule has 1 fully saturated rings. The molecule has 1 saturated carbocycles. The molecular weight excluding hydrogens is 232 g/mol. The van der Waals surface area contributed by atoms with E-state index in [0.717, 1.165) is 5.92 Å². The smallest absolute Gasteiger partial charge is 0.0490 e. The van der Waals surface area contributed by atoms with Crippen molar-refractivity contribution in [3.8, 4) is 0 Å². The van der Waals surface area contributed by atoms with Crippen LogP contribution in [0.15, 0.2) is 18.2 Å². The zero-order chi connectivity index (χ0) is 13.8. The summed E-state index contributed by atoms with van der Waals surface area (Å²) in [5.41, 5.74) is 7.14. The van der Waals surface area contributed by atoms with Gasteiger partial charge in [-0.15, -0.1) is 0 Å². The Hall–Kier alpha value is -0.860. The molecule has 2 nitrogen and oxygen atoms in total. The Morgan fingerprint density at radius 2 is 1.79 bits per heavy atom. The van der Waals surface area contributed by atoms with Crippen LogP contribution in [-0.4, -0.2) is 0 Å². The molecule has 0 aliphatic heterocycles. The Bertz CT molecular complexity index is 393. The Kier molecular flexibility index (Phi) is 5.00. The van der Waals surface area contributed by atoms with Crippen molar-refractivity contribution in [2.75, 3.05) is 0 Å². The van der Waals surface area contributed by atoms with E-state index in [9.17, 15) is 0 Å². The minimum Gasteiger partial charge on any atom is -0.271 e. The van der Waals surface area contributed by atoms with Crippen LogP contribution in [0.3, 0.4) is 0 Å². The third kappa shape index (κ3) is 3.37. The van der Waals surface area contributed by atoms with E-state index in [-0.39, 0.29) is 0 Å². The molecule has 0 aromatic heterocycles. The number of nitrogens with one attached hydrogen (secondary N) is 1. The van der Waals surface area contributed by atoms with Crippen molar-refractivity contribution in [3.63, 3.8) is 0 Å². The Balaban J connectivity index is 2.27. The van der Waals surface area contributed by atoms with E-state index in [2.05, 4.69) is 44.4 Å². The number of aryl methyl sites for hydroxylation is 2. The fraction of sp³-hybridized carbons (Fsp3) is 0.647. The zero-order valence-corrected chi connectivity index (χ0v) is 12.6. The van der Waals surface area contributed by atoms with Gasteiger partial charge in [0.1, 0.15) is 0 Å². The van der Waals surface area contributed by atoms with Crippen molar-refractivity contribution < 1.29 is 0 Å². The molecule has 2 rings (SSSR count). The van der Waals surface area contributed by atoms with Gasteiger partial charge in [0.2, 0.25) is 0 Å². The number of nitrogens with two attached hydrogens (primary N) is 1. The summed E-state index contributed by atoms with van der Waals surface area (Å²) in [6.07, 6.45) is 6.68. The molecular formula is C17H28N2. The second-order valence-electron chi connectivity index (χ2n) is 6.18. The first kappa shape index (κ1) is 14.5. The van der Waals surface area contributed by atoms with Crippen LogP contribution >= 0.6 is 0 Å². The second kappa shape index (κ2) is 6.53. The summed E-state index contributed by atoms with van der Waals surface area (Å²) in [5, 5.41) is 0. The van der Waals surface area contributed by atoms with Gasteiger partial charge in [0.05, 0.1) is 0 Å². The molecule has 19 heavy (non-hydrogen) atoms. The van der Waals surface area contributed by atoms with Crippen LogP contribution in [0.1, 0.15) is 61.8 Å². The Labute approximate surface area is 117 Å². The third-order valence-corrected chi connectivity index (χ3v) is 4.70. The summed E-state index contributed by atoms with van der Waals surface area (Å²) in [5.74, 6) is 7.40. The number of benzene rings is 1. The number of hydrogen-bond donors (Lipinski definition) is 2. The van der Waals surface area contributed by atoms with Gasteiger partial charge in [-0.3, -0.25) is 11.3 Å². The minimum atomic E-state index is 0.309. The van der Waals surface area contributed by atoms with Crippen molar-refractivity contribution in [3.05, 3.63) is 34.9 Å². The number of hydrogen-bond acceptors (Lipinski definition) is 2. The molecule has 2 heteroatoms. The monoisotopic (exact) mass is 260 g/mol. The molecule has 0 saturated heterocycles. The standard InChI is InChI=1S/C17H28N2/c1-4-14-7-5-6-8-16(14)17(19-18)15-10-12(2)9-13(3)11-15/h9-11,14,16-17,19H,4-8,18H2,1-3H3. The molecule has 3 N–H and O–H groups in total. The van der Waals surface area contributed by atoms with E-state index in [0.29, 0.717) is 12.0 Å². The van der Waals surface area contributed by atoms with Gasteiger partial charge in [-0.2, -0.15) is 0 Å². The molecule has 0 bridgehead atoms. The first-order chi connectivity index (χ1) is 9.15. The first-order valence-corrected chi connectivity index (χ1v) is 7.70. The average molecular weight is 260 g/mol. The molecule has 1 aromatic rings. The lowest BCUT2D eigenvalue weighted by Crippen LogP contribution is -2.38. The lowest BCUT2D eigenvalue weighted by atomic mass is 9.72. The highest BCUT2D eigenvalue weighted by Crippen LogP contribution is 2.40. The number of hydrazine groups is 1. The first-order valence-electron chi connectivity index (χ1n) is 7.70. The van der Waals surface area contributed by atoms with Gasteiger partial charge in [0, 0.05) is 6.04 Å². The maximum absolute atomic E-state index is 5.90. The predicted octanol–water partition coefficient (Wildman–Crippen LogP) is 4.02. The summed E-state index contributed by atoms with van der Waals surface area (Å²) < 4.78 is 0. The molecule has 106 valence electrons. The van der Waals surface area contributed by atoms with E-state index in [1.165, 1.54) is 48.8 Å². The fourth-order valence-corrected chi connectivity index (χ4v) is 3.84. The average Bonchev–Trinajstić information content (AvgIpc) is 2.39. The fourth-order valence-electron chi connectivity index (χ4n) is 3.84. The van der Waals surface area contributed by atoms with E-state index >= 15 is 0 Å². The predicted molar refractivity (Wildman–Crippen MR) is 81.7 cm³/mol. The molecule has 1 aromatic carbocycles. The second-order valence-corrected chi connectivity index (χ2v) is 6.18. The highest BCUT2D eigenvalue weighted by Gasteiger charge is 2.31. The molecule has 0 radical (unpaired) electrons. The summed E-state index contributed by atoms with van der Waals surface area (Å²) in [4.78, 5) is 0. The van der Waals surface area contributed by atoms with Crippen LogP contribution in [0.5, 0.6) is 0 Å². The summed E-state index contributed by atoms with van der Waals surface area (Å²) in [7, 11) is 0. The van der Waals surface area contributed by atoms with Gasteiger partial charge in [-0.05, 0) is 37.7 Å². The summed E-state index contributed by atoms with van der Waals surface area (Å²) in [6.45, 7) is 6.66. The maximum atomic E-state index is 5.90. The van der Waals surface area contributed by atoms with E-state index < -0.39 is 0 Å². The largest absolute Gasteiger partial charge is 0.271 e. The van der Waals surface area contributed by atoms with Gasteiger partial charge < -0.3 is 0 Å². The van der Waals surface area contributed by atoms with Crippen molar-refractivity contribution in [2.24, 2.45) is 17.7 Å². The van der Waals surface area contributed by atoms with Crippen LogP contribution < -0.4 is 11.3 Å². The summed E-state index contributed by atoms with van der Waals surface area (Å²) in [6, 6.07) is 7.12. The topological polar surface area (TPSA) is 38.0 Å². The van der Waals surface area contributed by atoms with Gasteiger partial charge in [0.15, 0.2) is 0 Å². The number of rotatable bonds is 4. The summed E-state index contributed by atoms with van der Waals surface area (Å²) >= 11 is 0. The lowest BCUT2D eigenvalue weighted by molar-refractivity contribution is 0.176. The molecule has 0 heterocycles. The van der Waals surface area contributed by atoms with Gasteiger partial charge >= 0.3 is 0 Å². The normalized spacial score (nSPS) is 25.3. The molecule has 3 atom stereocenters. The van der Waals surface area contributed by atoms with Crippen molar-refractivity contribution in [1.29, 1.82) is 0 Å². The van der Waals surface area contributed by atoms with Crippen LogP contribution in [0.4, 0.5) is 0 Å². The molecule has 0 spiro atoms. The van der Waals surface area contributed by atoms with Gasteiger partial charge in [-0.1, -0.05) is 61.9 Å². The quantitative estimate of drug-likeness (QED) is 0.634. The Morgan fingerprint density at radius 3 is 2.37 bits per heavy atom. The minimum absolute atomic E-state index is 0.309. The lowest BCUT2D eigenvalue weighted by Gasteiger charge is -2.37. The highest BCUT2D eigenvalue weighted by atomic mass is 15.2. The Morgan fingerprint density at radius 1 is 1.16 bits per heavy atom. The third-order valence-electron chi connectivity index (χ3n) is 4.70. The van der Waals surface area contributed by atoms with E-state index in [1.54, 1.807) is 0 Å². The maximum Gasteiger partial charge on any atom is 0.0490 e. The van der Waals surface area contributed by atoms with Crippen LogP contribution in [0.25, 0.3) is 0 Å². The van der Waals surface area contributed by atoms with E-state index in [1.807, 2.05) is 0 Å². The van der Waals surface area contributed by atoms with Crippen LogP contribution in [0, 0.1) is 25.7 Å². The molecule has 0 amide bonds. The highest BCUT2D eigenvalue weighted by molar-refractivity contribution is 5.31. The van der Waals surface area contributed by atoms with Crippen molar-refractivity contribution >= 4 is 0 Å². The van der Waals surface area contributed by atoms with Gasteiger partial charge in [0.25, 0.3) is 0 Å². The molecule has 1 aliphatic rings. The van der Waals surface area contributed by atoms with Crippen LogP contribution in [-0.2, 0) is 0 Å². The SMILES string of the molecule is CCC1CCCCC1C(NN)c1cc(C)cc(C)c1.